The van der Waals surface area contributed by atoms with Crippen molar-refractivity contribution in [2.75, 3.05) is 6.61 Å². The Morgan fingerprint density at radius 1 is 1.82 bits per heavy atom. The van der Waals surface area contributed by atoms with Crippen LogP contribution >= 0.6 is 23.7 Å². The molecule has 0 aliphatic carbocycles. The van der Waals surface area contributed by atoms with Crippen LogP contribution in [0.5, 0.6) is 0 Å². The summed E-state index contributed by atoms with van der Waals surface area (Å²) in [6.07, 6.45) is 0. The Morgan fingerprint density at radius 3 is 2.82 bits per heavy atom. The summed E-state index contributed by atoms with van der Waals surface area (Å²) < 4.78 is 0. The lowest BCUT2D eigenvalue weighted by atomic mass is 10.3. The summed E-state index contributed by atoms with van der Waals surface area (Å²) in [5.74, 6) is 0. The van der Waals surface area contributed by atoms with Crippen LogP contribution < -0.4 is 5.73 Å². The Morgan fingerprint density at radius 2 is 2.45 bits per heavy atom. The van der Waals surface area contributed by atoms with Gasteiger partial charge >= 0.3 is 0 Å². The monoisotopic (exact) mass is 194 g/mol. The molecule has 5 heteroatoms. The maximum absolute atomic E-state index is 8.64. The topological polar surface area (TPSA) is 59.1 Å². The maximum Gasteiger partial charge on any atom is 0.0898 e. The van der Waals surface area contributed by atoms with Crippen LogP contribution in [-0.4, -0.2) is 16.7 Å². The molecule has 0 aromatic carbocycles. The fourth-order valence-corrected chi connectivity index (χ4v) is 1.32. The number of thiazole rings is 1. The third kappa shape index (κ3) is 2.75. The molecule has 3 nitrogen and oxygen atoms in total. The van der Waals surface area contributed by atoms with Gasteiger partial charge in [-0.05, 0) is 6.92 Å². The number of hydrogen-bond donors (Lipinski definition) is 2. The molecular formula is C6H11ClN2OS. The number of aliphatic hydroxyl groups excluding tert-OH is 1. The molecule has 0 amide bonds. The molecule has 0 radical (unpaired) electrons. The minimum atomic E-state index is -0.315. The van der Waals surface area contributed by atoms with E-state index in [2.05, 4.69) is 4.98 Å². The Bertz CT molecular complexity index is 216. The van der Waals surface area contributed by atoms with Crippen LogP contribution in [-0.2, 0) is 0 Å². The van der Waals surface area contributed by atoms with Crippen molar-refractivity contribution in [2.45, 2.75) is 13.0 Å². The van der Waals surface area contributed by atoms with Gasteiger partial charge in [0.1, 0.15) is 0 Å². The van der Waals surface area contributed by atoms with E-state index in [1.807, 2.05) is 12.3 Å². The minimum absolute atomic E-state index is 0. The van der Waals surface area contributed by atoms with E-state index in [9.17, 15) is 0 Å². The second kappa shape index (κ2) is 4.66. The van der Waals surface area contributed by atoms with Gasteiger partial charge in [-0.2, -0.15) is 0 Å². The molecule has 0 fully saturated rings. The van der Waals surface area contributed by atoms with Crippen LogP contribution in [0.2, 0.25) is 0 Å². The van der Waals surface area contributed by atoms with Crippen molar-refractivity contribution in [2.24, 2.45) is 5.73 Å². The van der Waals surface area contributed by atoms with Gasteiger partial charge < -0.3 is 10.8 Å². The first-order valence-electron chi connectivity index (χ1n) is 3.02. The van der Waals surface area contributed by atoms with Crippen molar-refractivity contribution in [1.82, 2.24) is 4.98 Å². The van der Waals surface area contributed by atoms with Crippen LogP contribution in [0.1, 0.15) is 16.7 Å². The molecule has 3 N–H and O–H groups in total. The van der Waals surface area contributed by atoms with Crippen molar-refractivity contribution < 1.29 is 5.11 Å². The molecule has 64 valence electrons. The summed E-state index contributed by atoms with van der Waals surface area (Å²) in [4.78, 5) is 4.11. The molecule has 0 saturated heterocycles. The molecule has 1 aromatic rings. The molecule has 1 unspecified atom stereocenters. The molecule has 0 saturated carbocycles. The fourth-order valence-electron chi connectivity index (χ4n) is 0.644. The average Bonchev–Trinajstić information content (AvgIpc) is 2.34. The van der Waals surface area contributed by atoms with Gasteiger partial charge in [0, 0.05) is 5.38 Å². The zero-order valence-corrected chi connectivity index (χ0v) is 7.78. The van der Waals surface area contributed by atoms with Crippen LogP contribution in [0.3, 0.4) is 0 Å². The predicted octanol–water partition coefficient (Wildman–Crippen LogP) is 0.865. The number of hydrogen-bond acceptors (Lipinski definition) is 4. The number of nitrogens with zero attached hydrogens (tertiary/aromatic N) is 1. The van der Waals surface area contributed by atoms with Gasteiger partial charge in [0.15, 0.2) is 0 Å². The van der Waals surface area contributed by atoms with Gasteiger partial charge in [-0.3, -0.25) is 0 Å². The summed E-state index contributed by atoms with van der Waals surface area (Å²) in [6.45, 7) is 1.88. The molecule has 0 aliphatic rings. The van der Waals surface area contributed by atoms with Crippen LogP contribution in [0.15, 0.2) is 5.38 Å². The molecule has 0 aliphatic heterocycles. The number of aromatic nitrogens is 1. The van der Waals surface area contributed by atoms with Crippen LogP contribution in [0.25, 0.3) is 0 Å². The molecular weight excluding hydrogens is 184 g/mol. The van der Waals surface area contributed by atoms with Crippen LogP contribution in [0.4, 0.5) is 0 Å². The van der Waals surface area contributed by atoms with Gasteiger partial charge in [-0.1, -0.05) is 0 Å². The number of halogens is 1. The second-order valence-electron chi connectivity index (χ2n) is 2.08. The lowest BCUT2D eigenvalue weighted by Gasteiger charge is -2.01. The lowest BCUT2D eigenvalue weighted by Crippen LogP contribution is -2.14. The van der Waals surface area contributed by atoms with Gasteiger partial charge in [-0.15, -0.1) is 23.7 Å². The highest BCUT2D eigenvalue weighted by molar-refractivity contribution is 7.09. The van der Waals surface area contributed by atoms with E-state index in [4.69, 9.17) is 10.8 Å². The normalized spacial score (nSPS) is 12.3. The third-order valence-electron chi connectivity index (χ3n) is 1.21. The number of nitrogens with two attached hydrogens (primary N) is 1. The summed E-state index contributed by atoms with van der Waals surface area (Å²) in [7, 11) is 0. The Kier molecular flexibility index (Phi) is 4.60. The quantitative estimate of drug-likeness (QED) is 0.735. The molecule has 1 rings (SSSR count). The lowest BCUT2D eigenvalue weighted by molar-refractivity contribution is 0.266. The SMILES string of the molecule is Cc1nc(C(N)CO)cs1.Cl. The number of rotatable bonds is 2. The third-order valence-corrected chi connectivity index (χ3v) is 2.01. The van der Waals surface area contributed by atoms with E-state index in [-0.39, 0.29) is 25.1 Å². The predicted molar refractivity (Wildman–Crippen MR) is 48.1 cm³/mol. The highest BCUT2D eigenvalue weighted by Crippen LogP contribution is 2.13. The highest BCUT2D eigenvalue weighted by atomic mass is 35.5. The first kappa shape index (κ1) is 10.8. The summed E-state index contributed by atoms with van der Waals surface area (Å²) in [5, 5.41) is 11.5. The van der Waals surface area contributed by atoms with E-state index in [1.54, 1.807) is 11.3 Å². The fraction of sp³-hybridized carbons (Fsp3) is 0.500. The van der Waals surface area contributed by atoms with E-state index in [1.165, 1.54) is 0 Å². The second-order valence-corrected chi connectivity index (χ2v) is 3.14. The van der Waals surface area contributed by atoms with Crippen LogP contribution in [0, 0.1) is 6.92 Å². The van der Waals surface area contributed by atoms with Crippen molar-refractivity contribution in [3.8, 4) is 0 Å². The zero-order chi connectivity index (χ0) is 7.56. The van der Waals surface area contributed by atoms with E-state index in [0.717, 1.165) is 10.7 Å². The van der Waals surface area contributed by atoms with Gasteiger partial charge in [0.05, 0.1) is 23.4 Å². The van der Waals surface area contributed by atoms with E-state index in [0.29, 0.717) is 0 Å². The first-order valence-corrected chi connectivity index (χ1v) is 3.90. The standard InChI is InChI=1S/C6H10N2OS.ClH/c1-4-8-6(3-10-4)5(7)2-9;/h3,5,9H,2,7H2,1H3;1H. The molecule has 0 spiro atoms. The number of aryl methyl sites for hydroxylation is 1. The maximum atomic E-state index is 8.64. The van der Waals surface area contributed by atoms with E-state index >= 15 is 0 Å². The number of aliphatic hydroxyl groups is 1. The van der Waals surface area contributed by atoms with Crippen molar-refractivity contribution in [3.05, 3.63) is 16.1 Å². The summed E-state index contributed by atoms with van der Waals surface area (Å²) >= 11 is 1.55. The van der Waals surface area contributed by atoms with Gasteiger partial charge in [0.25, 0.3) is 0 Å². The van der Waals surface area contributed by atoms with Gasteiger partial charge in [0.2, 0.25) is 0 Å². The highest BCUT2D eigenvalue weighted by Gasteiger charge is 2.06. The summed E-state index contributed by atoms with van der Waals surface area (Å²) in [6, 6.07) is -0.315. The van der Waals surface area contributed by atoms with Crippen molar-refractivity contribution in [3.63, 3.8) is 0 Å². The molecule has 1 heterocycles. The largest absolute Gasteiger partial charge is 0.394 e. The molecule has 1 atom stereocenters. The Balaban J connectivity index is 0.000001000. The summed E-state index contributed by atoms with van der Waals surface area (Å²) in [5.41, 5.74) is 6.28. The van der Waals surface area contributed by atoms with Crippen molar-refractivity contribution in [1.29, 1.82) is 0 Å². The van der Waals surface area contributed by atoms with Crippen molar-refractivity contribution >= 4 is 23.7 Å². The van der Waals surface area contributed by atoms with E-state index < -0.39 is 0 Å². The smallest absolute Gasteiger partial charge is 0.0898 e. The zero-order valence-electron chi connectivity index (χ0n) is 6.15. The molecule has 11 heavy (non-hydrogen) atoms. The minimum Gasteiger partial charge on any atom is -0.394 e. The first-order chi connectivity index (χ1) is 4.74. The Labute approximate surface area is 75.7 Å². The molecule has 0 bridgehead atoms. The molecule has 1 aromatic heterocycles. The Hall–Kier alpha value is -0.160. The van der Waals surface area contributed by atoms with Gasteiger partial charge in [-0.25, -0.2) is 4.98 Å². The average molecular weight is 195 g/mol.